The van der Waals surface area contributed by atoms with Crippen molar-refractivity contribution in [3.63, 3.8) is 0 Å². The molecule has 0 aliphatic rings. The van der Waals surface area contributed by atoms with Gasteiger partial charge in [0, 0.05) is 31.1 Å². The van der Waals surface area contributed by atoms with Crippen LogP contribution in [0.5, 0.6) is 0 Å². The van der Waals surface area contributed by atoms with Crippen LogP contribution in [0, 0.1) is 0 Å². The number of benzene rings is 1. The molecule has 0 bridgehead atoms. The lowest BCUT2D eigenvalue weighted by Gasteiger charge is -2.09. The van der Waals surface area contributed by atoms with Gasteiger partial charge in [-0.2, -0.15) is 0 Å². The Labute approximate surface area is 139 Å². The van der Waals surface area contributed by atoms with Gasteiger partial charge in [0.05, 0.1) is 25.2 Å². The first-order valence-corrected chi connectivity index (χ1v) is 7.49. The van der Waals surface area contributed by atoms with Crippen LogP contribution in [0.4, 0.5) is 0 Å². The minimum Gasteiger partial charge on any atom is -0.383 e. The van der Waals surface area contributed by atoms with Crippen LogP contribution in [0.2, 0.25) is 0 Å². The third-order valence-corrected chi connectivity index (χ3v) is 3.61. The van der Waals surface area contributed by atoms with E-state index < -0.39 is 0 Å². The Balaban J connectivity index is 1.60. The SMILES string of the molecule is COCCn1cncc1CNC(=O)c1ccc(-n2cnnc2)cc1. The molecule has 0 aliphatic heterocycles. The van der Waals surface area contributed by atoms with Crippen LogP contribution in [-0.2, 0) is 17.8 Å². The maximum absolute atomic E-state index is 12.3. The lowest BCUT2D eigenvalue weighted by atomic mass is 10.2. The number of hydrogen-bond donors (Lipinski definition) is 1. The number of methoxy groups -OCH3 is 1. The summed E-state index contributed by atoms with van der Waals surface area (Å²) in [5.41, 5.74) is 2.42. The van der Waals surface area contributed by atoms with Gasteiger partial charge in [0.15, 0.2) is 0 Å². The molecule has 1 N–H and O–H groups in total. The van der Waals surface area contributed by atoms with E-state index in [-0.39, 0.29) is 5.91 Å². The average Bonchev–Trinajstić information content (AvgIpc) is 3.29. The zero-order chi connectivity index (χ0) is 16.8. The van der Waals surface area contributed by atoms with E-state index in [0.29, 0.717) is 25.3 Å². The van der Waals surface area contributed by atoms with Crippen molar-refractivity contribution in [1.82, 2.24) is 29.6 Å². The van der Waals surface area contributed by atoms with Crippen LogP contribution in [0.3, 0.4) is 0 Å². The molecule has 0 atom stereocenters. The molecule has 3 aromatic rings. The molecule has 1 amide bonds. The standard InChI is InChI=1S/C16H18N6O2/c1-24-7-6-21-10-17-8-15(21)9-18-16(23)13-2-4-14(5-3-13)22-11-19-20-12-22/h2-5,8,10-12H,6-7,9H2,1H3,(H,18,23). The predicted molar refractivity (Wildman–Crippen MR) is 86.6 cm³/mol. The lowest BCUT2D eigenvalue weighted by Crippen LogP contribution is -2.24. The van der Waals surface area contributed by atoms with Gasteiger partial charge < -0.3 is 14.6 Å². The molecule has 124 valence electrons. The summed E-state index contributed by atoms with van der Waals surface area (Å²) < 4.78 is 8.79. The van der Waals surface area contributed by atoms with Crippen LogP contribution in [0.1, 0.15) is 16.1 Å². The van der Waals surface area contributed by atoms with Crippen molar-refractivity contribution in [2.24, 2.45) is 0 Å². The minimum atomic E-state index is -0.134. The molecule has 0 radical (unpaired) electrons. The summed E-state index contributed by atoms with van der Waals surface area (Å²) in [5, 5.41) is 10.4. The highest BCUT2D eigenvalue weighted by molar-refractivity contribution is 5.94. The van der Waals surface area contributed by atoms with Crippen LogP contribution in [-0.4, -0.2) is 43.9 Å². The van der Waals surface area contributed by atoms with E-state index in [1.165, 1.54) is 0 Å². The van der Waals surface area contributed by atoms with Gasteiger partial charge in [0.2, 0.25) is 0 Å². The van der Waals surface area contributed by atoms with Crippen LogP contribution in [0.15, 0.2) is 49.4 Å². The minimum absolute atomic E-state index is 0.134. The zero-order valence-electron chi connectivity index (χ0n) is 13.3. The number of nitrogens with zero attached hydrogens (tertiary/aromatic N) is 5. The number of amides is 1. The second-order valence-electron chi connectivity index (χ2n) is 5.17. The lowest BCUT2D eigenvalue weighted by molar-refractivity contribution is 0.0950. The molecule has 24 heavy (non-hydrogen) atoms. The highest BCUT2D eigenvalue weighted by atomic mass is 16.5. The second-order valence-corrected chi connectivity index (χ2v) is 5.17. The third-order valence-electron chi connectivity index (χ3n) is 3.61. The maximum Gasteiger partial charge on any atom is 0.251 e. The van der Waals surface area contributed by atoms with Gasteiger partial charge in [-0.1, -0.05) is 0 Å². The fourth-order valence-corrected chi connectivity index (χ4v) is 2.28. The summed E-state index contributed by atoms with van der Waals surface area (Å²) in [5.74, 6) is -0.134. The van der Waals surface area contributed by atoms with Crippen molar-refractivity contribution < 1.29 is 9.53 Å². The van der Waals surface area contributed by atoms with Gasteiger partial charge in [-0.15, -0.1) is 10.2 Å². The fourth-order valence-electron chi connectivity index (χ4n) is 2.28. The van der Waals surface area contributed by atoms with Crippen molar-refractivity contribution in [3.05, 3.63) is 60.7 Å². The maximum atomic E-state index is 12.3. The Hall–Kier alpha value is -3.00. The van der Waals surface area contributed by atoms with Crippen LogP contribution >= 0.6 is 0 Å². The number of aromatic nitrogens is 5. The number of hydrogen-bond acceptors (Lipinski definition) is 5. The Kier molecular flexibility index (Phi) is 4.97. The number of carbonyl (C=O) groups is 1. The molecule has 3 rings (SSSR count). The first-order valence-electron chi connectivity index (χ1n) is 7.49. The van der Waals surface area contributed by atoms with Gasteiger partial charge in [-0.05, 0) is 24.3 Å². The first-order chi connectivity index (χ1) is 11.8. The highest BCUT2D eigenvalue weighted by Crippen LogP contribution is 2.09. The molecule has 1 aromatic carbocycles. The van der Waals surface area contributed by atoms with Gasteiger partial charge in [-0.3, -0.25) is 9.36 Å². The van der Waals surface area contributed by atoms with Gasteiger partial charge >= 0.3 is 0 Å². The number of carbonyl (C=O) groups excluding carboxylic acids is 1. The molecular formula is C16H18N6O2. The molecule has 0 fully saturated rings. The molecule has 0 saturated heterocycles. The number of ether oxygens (including phenoxy) is 1. The molecular weight excluding hydrogens is 308 g/mol. The zero-order valence-corrected chi connectivity index (χ0v) is 13.3. The van der Waals surface area contributed by atoms with Crippen molar-refractivity contribution in [3.8, 4) is 5.69 Å². The van der Waals surface area contributed by atoms with E-state index >= 15 is 0 Å². The largest absolute Gasteiger partial charge is 0.383 e. The summed E-state index contributed by atoms with van der Waals surface area (Å²) >= 11 is 0. The molecule has 0 saturated carbocycles. The molecule has 8 nitrogen and oxygen atoms in total. The fraction of sp³-hybridized carbons (Fsp3) is 0.250. The predicted octanol–water partition coefficient (Wildman–Crippen LogP) is 1.04. The Morgan fingerprint density at radius 3 is 2.62 bits per heavy atom. The van der Waals surface area contributed by atoms with E-state index in [2.05, 4.69) is 20.5 Å². The summed E-state index contributed by atoms with van der Waals surface area (Å²) in [7, 11) is 1.65. The molecule has 8 heteroatoms. The Morgan fingerprint density at radius 2 is 1.92 bits per heavy atom. The summed E-state index contributed by atoms with van der Waals surface area (Å²) in [6.45, 7) is 1.72. The van der Waals surface area contributed by atoms with Gasteiger partial charge in [0.25, 0.3) is 5.91 Å². The molecule has 2 heterocycles. The molecule has 0 aliphatic carbocycles. The third kappa shape index (κ3) is 3.66. The van der Waals surface area contributed by atoms with Gasteiger partial charge in [0.1, 0.15) is 12.7 Å². The van der Waals surface area contributed by atoms with E-state index in [9.17, 15) is 4.79 Å². The van der Waals surface area contributed by atoms with E-state index in [4.69, 9.17) is 4.74 Å². The number of rotatable bonds is 7. The summed E-state index contributed by atoms with van der Waals surface area (Å²) in [4.78, 5) is 16.4. The molecule has 2 aromatic heterocycles. The van der Waals surface area contributed by atoms with Crippen LogP contribution < -0.4 is 5.32 Å². The smallest absolute Gasteiger partial charge is 0.251 e. The molecule has 0 spiro atoms. The average molecular weight is 326 g/mol. The van der Waals surface area contributed by atoms with Gasteiger partial charge in [-0.25, -0.2) is 4.98 Å². The van der Waals surface area contributed by atoms with Crippen molar-refractivity contribution in [1.29, 1.82) is 0 Å². The second kappa shape index (κ2) is 7.51. The summed E-state index contributed by atoms with van der Waals surface area (Å²) in [6.07, 6.45) is 6.69. The van der Waals surface area contributed by atoms with Crippen molar-refractivity contribution in [2.45, 2.75) is 13.1 Å². The number of nitrogens with one attached hydrogen (secondary N) is 1. The quantitative estimate of drug-likeness (QED) is 0.701. The normalized spacial score (nSPS) is 10.7. The highest BCUT2D eigenvalue weighted by Gasteiger charge is 2.08. The van der Waals surface area contributed by atoms with Crippen molar-refractivity contribution in [2.75, 3.05) is 13.7 Å². The van der Waals surface area contributed by atoms with E-state index in [0.717, 1.165) is 11.4 Å². The molecule has 0 unspecified atom stereocenters. The number of imidazole rings is 1. The van der Waals surface area contributed by atoms with Crippen LogP contribution in [0.25, 0.3) is 5.69 Å². The van der Waals surface area contributed by atoms with E-state index in [1.54, 1.807) is 49.0 Å². The summed E-state index contributed by atoms with van der Waals surface area (Å²) in [6, 6.07) is 7.24. The Morgan fingerprint density at radius 1 is 1.17 bits per heavy atom. The van der Waals surface area contributed by atoms with E-state index in [1.807, 2.05) is 16.7 Å². The first kappa shape index (κ1) is 15.9. The van der Waals surface area contributed by atoms with Crippen molar-refractivity contribution >= 4 is 5.91 Å². The Bertz CT molecular complexity index is 779. The topological polar surface area (TPSA) is 86.9 Å². The monoisotopic (exact) mass is 326 g/mol.